The molecule has 0 unspecified atom stereocenters. The number of hydrogen-bond donors (Lipinski definition) is 1. The van der Waals surface area contributed by atoms with Crippen LogP contribution in [-0.4, -0.2) is 32.8 Å². The van der Waals surface area contributed by atoms with Crippen LogP contribution >= 0.6 is 22.7 Å². The predicted octanol–water partition coefficient (Wildman–Crippen LogP) is 6.23. The van der Waals surface area contributed by atoms with Gasteiger partial charge in [-0.2, -0.15) is 4.68 Å². The van der Waals surface area contributed by atoms with E-state index in [0.29, 0.717) is 27.2 Å². The number of thiazole rings is 2. The standard InChI is InChI=1S/C25H20N6O3S2/c1-14-15(2)36-24(26-14)29-28-21-20(17-7-5-4-6-8-17)30-31(22(21)32)25-27-19(13-35-25)16-9-11-18(12-10-16)23(33)34-3/h4-13,30H,1-3H3. The van der Waals surface area contributed by atoms with Crippen molar-refractivity contribution in [2.75, 3.05) is 7.11 Å². The van der Waals surface area contributed by atoms with Gasteiger partial charge in [-0.05, 0) is 26.0 Å². The lowest BCUT2D eigenvalue weighted by Crippen LogP contribution is -2.13. The maximum Gasteiger partial charge on any atom is 0.337 e. The zero-order chi connectivity index (χ0) is 25.2. The average molecular weight is 517 g/mol. The van der Waals surface area contributed by atoms with E-state index in [1.54, 1.807) is 24.3 Å². The van der Waals surface area contributed by atoms with Crippen LogP contribution in [0.2, 0.25) is 0 Å². The largest absolute Gasteiger partial charge is 0.465 e. The Labute approximate surface area is 213 Å². The SMILES string of the molecule is COC(=O)c1ccc(-c2csc(-n3[nH]c(-c4ccccc4)c(N=Nc4nc(C)c(C)s4)c3=O)n2)cc1. The Morgan fingerprint density at radius 1 is 1.00 bits per heavy atom. The van der Waals surface area contributed by atoms with Gasteiger partial charge >= 0.3 is 11.5 Å². The fraction of sp³-hybridized carbons (Fsp3) is 0.120. The van der Waals surface area contributed by atoms with Gasteiger partial charge in [-0.3, -0.25) is 9.89 Å². The summed E-state index contributed by atoms with van der Waals surface area (Å²) in [6, 6.07) is 16.4. The highest BCUT2D eigenvalue weighted by atomic mass is 32.1. The first kappa shape index (κ1) is 23.5. The van der Waals surface area contributed by atoms with Gasteiger partial charge in [0.25, 0.3) is 0 Å². The molecule has 2 aromatic carbocycles. The van der Waals surface area contributed by atoms with Crippen LogP contribution in [-0.2, 0) is 4.74 Å². The van der Waals surface area contributed by atoms with Crippen molar-refractivity contribution >= 4 is 39.5 Å². The van der Waals surface area contributed by atoms with E-state index < -0.39 is 5.97 Å². The summed E-state index contributed by atoms with van der Waals surface area (Å²) in [5.74, 6) is -0.406. The fourth-order valence-electron chi connectivity index (χ4n) is 3.45. The second-order valence-electron chi connectivity index (χ2n) is 7.76. The number of aromatic amines is 1. The second kappa shape index (κ2) is 9.80. The van der Waals surface area contributed by atoms with Gasteiger partial charge < -0.3 is 4.74 Å². The first-order valence-corrected chi connectivity index (χ1v) is 12.5. The first-order chi connectivity index (χ1) is 17.4. The Morgan fingerprint density at radius 3 is 2.42 bits per heavy atom. The maximum atomic E-state index is 13.4. The third-order valence-electron chi connectivity index (χ3n) is 5.47. The van der Waals surface area contributed by atoms with E-state index in [1.165, 1.54) is 34.5 Å². The van der Waals surface area contributed by atoms with Crippen molar-refractivity contribution in [2.24, 2.45) is 10.2 Å². The highest BCUT2D eigenvalue weighted by Gasteiger charge is 2.19. The number of ether oxygens (including phenoxy) is 1. The molecule has 3 aromatic heterocycles. The van der Waals surface area contributed by atoms with Crippen molar-refractivity contribution < 1.29 is 9.53 Å². The van der Waals surface area contributed by atoms with Crippen molar-refractivity contribution in [1.29, 1.82) is 0 Å². The zero-order valence-electron chi connectivity index (χ0n) is 19.6. The Balaban J connectivity index is 1.54. The average Bonchev–Trinajstić information content (AvgIpc) is 3.60. The number of azo groups is 1. The van der Waals surface area contributed by atoms with E-state index in [-0.39, 0.29) is 11.2 Å². The molecule has 5 aromatic rings. The van der Waals surface area contributed by atoms with E-state index in [4.69, 9.17) is 4.74 Å². The number of esters is 1. The van der Waals surface area contributed by atoms with Crippen molar-refractivity contribution in [2.45, 2.75) is 13.8 Å². The molecule has 0 radical (unpaired) electrons. The molecule has 180 valence electrons. The molecule has 0 saturated carbocycles. The van der Waals surface area contributed by atoms with Gasteiger partial charge in [-0.25, -0.2) is 14.8 Å². The van der Waals surface area contributed by atoms with Crippen molar-refractivity contribution in [3.63, 3.8) is 0 Å². The number of aromatic nitrogens is 4. The molecule has 5 rings (SSSR count). The van der Waals surface area contributed by atoms with Gasteiger partial charge in [0.15, 0.2) is 5.69 Å². The third kappa shape index (κ3) is 4.53. The number of carbonyl (C=O) groups is 1. The number of rotatable bonds is 6. The zero-order valence-corrected chi connectivity index (χ0v) is 21.2. The molecule has 0 bridgehead atoms. The summed E-state index contributed by atoms with van der Waals surface area (Å²) < 4.78 is 6.11. The van der Waals surface area contributed by atoms with Gasteiger partial charge in [-0.1, -0.05) is 53.8 Å². The summed E-state index contributed by atoms with van der Waals surface area (Å²) in [6.45, 7) is 3.88. The molecule has 0 fully saturated rings. The molecule has 0 atom stereocenters. The number of carbonyl (C=O) groups excluding carboxylic acids is 1. The van der Waals surface area contributed by atoms with Crippen molar-refractivity contribution in [3.05, 3.63) is 86.5 Å². The minimum atomic E-state index is -0.406. The molecule has 0 amide bonds. The minimum Gasteiger partial charge on any atom is -0.465 e. The summed E-state index contributed by atoms with van der Waals surface area (Å²) in [5, 5.41) is 14.5. The van der Waals surface area contributed by atoms with Gasteiger partial charge in [0.2, 0.25) is 10.3 Å². The first-order valence-electron chi connectivity index (χ1n) is 10.9. The van der Waals surface area contributed by atoms with Crippen LogP contribution in [0, 0.1) is 13.8 Å². The monoisotopic (exact) mass is 516 g/mol. The van der Waals surface area contributed by atoms with Crippen LogP contribution in [0.25, 0.3) is 27.6 Å². The summed E-state index contributed by atoms with van der Waals surface area (Å²) in [6.07, 6.45) is 0. The van der Waals surface area contributed by atoms with E-state index >= 15 is 0 Å². The molecule has 0 aliphatic heterocycles. The van der Waals surface area contributed by atoms with E-state index in [2.05, 4.69) is 25.3 Å². The molecule has 36 heavy (non-hydrogen) atoms. The van der Waals surface area contributed by atoms with Crippen LogP contribution in [0.1, 0.15) is 20.9 Å². The number of H-pyrrole nitrogens is 1. The van der Waals surface area contributed by atoms with Crippen LogP contribution in [0.3, 0.4) is 0 Å². The maximum absolute atomic E-state index is 13.4. The summed E-state index contributed by atoms with van der Waals surface area (Å²) in [4.78, 5) is 35.2. The van der Waals surface area contributed by atoms with Crippen LogP contribution in [0.4, 0.5) is 10.8 Å². The molecule has 9 nitrogen and oxygen atoms in total. The fourth-order valence-corrected chi connectivity index (χ4v) is 4.97. The second-order valence-corrected chi connectivity index (χ2v) is 9.78. The molecule has 1 N–H and O–H groups in total. The van der Waals surface area contributed by atoms with Crippen molar-refractivity contribution in [3.8, 4) is 27.6 Å². The van der Waals surface area contributed by atoms with Crippen LogP contribution in [0.15, 0.2) is 75.0 Å². The molecule has 11 heteroatoms. The molecular formula is C25H20N6O3S2. The summed E-state index contributed by atoms with van der Waals surface area (Å²) in [5.41, 5.74) is 3.95. The third-order valence-corrected chi connectivity index (χ3v) is 7.25. The van der Waals surface area contributed by atoms with Crippen molar-refractivity contribution in [1.82, 2.24) is 19.7 Å². The molecule has 0 aliphatic carbocycles. The Bertz CT molecular complexity index is 1610. The smallest absolute Gasteiger partial charge is 0.337 e. The van der Waals surface area contributed by atoms with Gasteiger partial charge in [0.05, 0.1) is 29.8 Å². The Hall–Kier alpha value is -4.22. The number of nitrogens with one attached hydrogen (secondary N) is 1. The Kier molecular flexibility index (Phi) is 6.40. The van der Waals surface area contributed by atoms with Gasteiger partial charge in [0.1, 0.15) is 0 Å². The highest BCUT2D eigenvalue weighted by molar-refractivity contribution is 7.15. The highest BCUT2D eigenvalue weighted by Crippen LogP contribution is 2.31. The lowest BCUT2D eigenvalue weighted by molar-refractivity contribution is 0.0600. The summed E-state index contributed by atoms with van der Waals surface area (Å²) in [7, 11) is 1.34. The number of aryl methyl sites for hydroxylation is 2. The van der Waals surface area contributed by atoms with E-state index in [9.17, 15) is 9.59 Å². The quantitative estimate of drug-likeness (QED) is 0.212. The molecule has 3 heterocycles. The number of methoxy groups -OCH3 is 1. The number of nitrogens with zero attached hydrogens (tertiary/aromatic N) is 5. The van der Waals surface area contributed by atoms with Crippen LogP contribution in [0.5, 0.6) is 0 Å². The van der Waals surface area contributed by atoms with Crippen LogP contribution < -0.4 is 5.56 Å². The molecular weight excluding hydrogens is 496 g/mol. The summed E-state index contributed by atoms with van der Waals surface area (Å²) >= 11 is 2.73. The minimum absolute atomic E-state index is 0.172. The molecule has 0 aliphatic rings. The predicted molar refractivity (Wildman–Crippen MR) is 140 cm³/mol. The van der Waals surface area contributed by atoms with Gasteiger partial charge in [0, 0.05) is 21.4 Å². The topological polar surface area (TPSA) is 115 Å². The lowest BCUT2D eigenvalue weighted by Gasteiger charge is -2.01. The number of hydrogen-bond acceptors (Lipinski definition) is 9. The normalized spacial score (nSPS) is 11.3. The molecule has 0 saturated heterocycles. The lowest BCUT2D eigenvalue weighted by atomic mass is 10.1. The Morgan fingerprint density at radius 2 is 1.75 bits per heavy atom. The molecule has 0 spiro atoms. The van der Waals surface area contributed by atoms with E-state index in [0.717, 1.165) is 21.7 Å². The number of benzene rings is 2. The van der Waals surface area contributed by atoms with E-state index in [1.807, 2.05) is 49.6 Å². The van der Waals surface area contributed by atoms with Gasteiger partial charge in [-0.15, -0.1) is 21.6 Å².